The Morgan fingerprint density at radius 1 is 0.273 bits per heavy atom. The fourth-order valence-electron chi connectivity index (χ4n) is 20.2. The van der Waals surface area contributed by atoms with Crippen LogP contribution in [0.4, 0.5) is 0 Å². The highest BCUT2D eigenvalue weighted by atomic mass is 32.1. The molecule has 1 aliphatic rings. The van der Waals surface area contributed by atoms with Crippen LogP contribution < -0.4 is 4.74 Å². The third kappa shape index (κ3) is 23.1. The van der Waals surface area contributed by atoms with E-state index in [-0.39, 0.29) is 11.8 Å². The van der Waals surface area contributed by atoms with Crippen molar-refractivity contribution in [3.8, 4) is 78.1 Å². The normalized spacial score (nSPS) is 12.5. The van der Waals surface area contributed by atoms with E-state index in [4.69, 9.17) is 22.2 Å². The maximum atomic E-state index is 15.3. The van der Waals surface area contributed by atoms with Crippen molar-refractivity contribution in [2.75, 3.05) is 13.7 Å². The number of ether oxygens (including phenoxy) is 1. The topological polar surface area (TPSA) is 98.2 Å². The predicted octanol–water partition coefficient (Wildman–Crippen LogP) is 38.5. The van der Waals surface area contributed by atoms with E-state index in [9.17, 15) is 0 Å². The Bertz CT molecular complexity index is 5730. The van der Waals surface area contributed by atoms with Gasteiger partial charge in [0.05, 0.1) is 46.8 Å². The molecule has 6 aromatic carbocycles. The lowest BCUT2D eigenvalue weighted by Gasteiger charge is -2.18. The van der Waals surface area contributed by atoms with E-state index in [2.05, 4.69) is 151 Å². The van der Waals surface area contributed by atoms with Crippen molar-refractivity contribution in [1.29, 1.82) is 0 Å². The van der Waals surface area contributed by atoms with Crippen LogP contribution in [0, 0.1) is 6.92 Å². The summed E-state index contributed by atoms with van der Waals surface area (Å²) < 4.78 is 33.6. The van der Waals surface area contributed by atoms with Crippen molar-refractivity contribution in [1.82, 2.24) is 22.4 Å². The van der Waals surface area contributed by atoms with Crippen LogP contribution in [-0.2, 0) is 25.7 Å². The summed E-state index contributed by atoms with van der Waals surface area (Å²) in [6.07, 6.45) is 63.5. The lowest BCUT2D eigenvalue weighted by Crippen LogP contribution is -2.24. The minimum absolute atomic E-state index is 0.283. The number of aryl methyl sites for hydroxylation is 4. The highest BCUT2D eigenvalue weighted by Crippen LogP contribution is 2.56. The van der Waals surface area contributed by atoms with Gasteiger partial charge >= 0.3 is 0 Å². The Balaban J connectivity index is 0.792. The SMILES string of the molecule is CCCCCCCCCCCCc1c2cc(-c3ccc(-c4c5c(c(-c6ccc(-c7cc8c(CCCCCCCCCCCC)c9sc(-c%10c(C)c(OCCCCCCCC)c(-c%11ccccc%11)c%11nsnc%10%11)cc9c(CCCCCCCCCCCC)c8s7)s6)c6nsnc46)C(=O)N(C)C5=O)s3)sc2c(CCCCCCCCCCCC)c2cc(-c3ccccc3)sc12. The molecule has 0 atom stereocenters. The molecule has 0 spiro atoms. The fraction of sp³-hybridized carbons (Fsp3) is 0.518. The molecule has 128 heavy (non-hydrogen) atoms. The molecule has 8 nitrogen and oxygen atoms in total. The van der Waals surface area contributed by atoms with Gasteiger partial charge in [0.15, 0.2) is 0 Å². The first-order valence-corrected chi connectivity index (χ1v) is 56.9. The number of unbranched alkanes of at least 4 members (excludes halogenated alkanes) is 41. The minimum atomic E-state index is -0.284. The summed E-state index contributed by atoms with van der Waals surface area (Å²) in [7, 11) is 1.66. The van der Waals surface area contributed by atoms with Crippen LogP contribution in [0.5, 0.6) is 5.75 Å². The zero-order valence-electron chi connectivity index (χ0n) is 78.2. The second-order valence-electron chi connectivity index (χ2n) is 37.0. The largest absolute Gasteiger partial charge is 0.493 e. The number of benzene rings is 6. The number of nitrogens with zero attached hydrogens (tertiary/aromatic N) is 5. The molecule has 14 aromatic rings. The predicted molar refractivity (Wildman–Crippen MR) is 566 cm³/mol. The number of hydrogen-bond acceptors (Lipinski definition) is 15. The fourth-order valence-corrected chi connectivity index (χ4v) is 28.8. The maximum absolute atomic E-state index is 15.3. The van der Waals surface area contributed by atoms with Crippen molar-refractivity contribution in [2.24, 2.45) is 0 Å². The van der Waals surface area contributed by atoms with E-state index in [0.29, 0.717) is 28.8 Å². The van der Waals surface area contributed by atoms with Crippen molar-refractivity contribution < 1.29 is 14.3 Å². The first-order valence-electron chi connectivity index (χ1n) is 50.5. The van der Waals surface area contributed by atoms with Gasteiger partial charge in [-0.1, -0.05) is 359 Å². The minimum Gasteiger partial charge on any atom is -0.493 e. The Kier molecular flexibility index (Phi) is 36.8. The van der Waals surface area contributed by atoms with Crippen LogP contribution in [0.2, 0.25) is 0 Å². The van der Waals surface area contributed by atoms with Crippen LogP contribution in [0.1, 0.15) is 379 Å². The molecule has 1 aliphatic heterocycles. The monoisotopic (exact) mass is 1860 g/mol. The lowest BCUT2D eigenvalue weighted by molar-refractivity contribution is 0.0693. The molecule has 9 heterocycles. The number of amides is 2. The molecule has 0 N–H and O–H groups in total. The molecule has 0 unspecified atom stereocenters. The molecule has 0 saturated carbocycles. The lowest BCUT2D eigenvalue weighted by atomic mass is 9.93. The Morgan fingerprint density at radius 3 is 0.914 bits per heavy atom. The molecule has 0 bridgehead atoms. The first kappa shape index (κ1) is 95.7. The maximum Gasteiger partial charge on any atom is 0.262 e. The first-order chi connectivity index (χ1) is 63.1. The van der Waals surface area contributed by atoms with Gasteiger partial charge in [0.25, 0.3) is 11.8 Å². The molecule has 0 radical (unpaired) electrons. The molecule has 0 saturated heterocycles. The van der Waals surface area contributed by atoms with Gasteiger partial charge in [-0.25, -0.2) is 0 Å². The Hall–Kier alpha value is -6.86. The smallest absolute Gasteiger partial charge is 0.262 e. The molecule has 15 rings (SSSR count). The van der Waals surface area contributed by atoms with E-state index < -0.39 is 0 Å². The summed E-state index contributed by atoms with van der Waals surface area (Å²) in [5.41, 5.74) is 17.3. The highest BCUT2D eigenvalue weighted by Gasteiger charge is 2.42. The summed E-state index contributed by atoms with van der Waals surface area (Å²) in [4.78, 5) is 41.2. The van der Waals surface area contributed by atoms with Gasteiger partial charge in [-0.3, -0.25) is 14.5 Å². The van der Waals surface area contributed by atoms with Crippen LogP contribution in [0.25, 0.3) is 135 Å². The third-order valence-corrected chi connectivity index (χ3v) is 35.9. The molecule has 8 aromatic heterocycles. The van der Waals surface area contributed by atoms with Crippen LogP contribution in [0.15, 0.2) is 109 Å². The molecular formula is C112H141N5O3S8. The van der Waals surface area contributed by atoms with Gasteiger partial charge in [0.1, 0.15) is 27.8 Å². The van der Waals surface area contributed by atoms with E-state index in [0.717, 1.165) is 116 Å². The molecule has 0 aliphatic carbocycles. The van der Waals surface area contributed by atoms with Gasteiger partial charge in [-0.2, -0.15) is 17.5 Å². The molecular weight excluding hydrogens is 1720 g/mol. The number of hydrogen-bond donors (Lipinski definition) is 0. The molecule has 16 heteroatoms. The van der Waals surface area contributed by atoms with Gasteiger partial charge in [-0.15, -0.1) is 68.0 Å². The van der Waals surface area contributed by atoms with E-state index in [1.165, 1.54) is 391 Å². The summed E-state index contributed by atoms with van der Waals surface area (Å²) in [6.45, 7) is 14.5. The quantitative estimate of drug-likeness (QED) is 0.0277. The van der Waals surface area contributed by atoms with Crippen LogP contribution >= 0.6 is 91.5 Å². The average molecular weight is 1860 g/mol. The van der Waals surface area contributed by atoms with Gasteiger partial charge in [0.2, 0.25) is 0 Å². The van der Waals surface area contributed by atoms with Crippen LogP contribution in [0.3, 0.4) is 0 Å². The second kappa shape index (κ2) is 49.2. The summed E-state index contributed by atoms with van der Waals surface area (Å²) in [5.74, 6) is 0.372. The number of carbonyl (C=O) groups excluding carboxylic acids is 2. The zero-order valence-corrected chi connectivity index (χ0v) is 84.7. The molecule has 2 amide bonds. The highest BCUT2D eigenvalue weighted by molar-refractivity contribution is 7.29. The third-order valence-electron chi connectivity index (χ3n) is 27.4. The summed E-state index contributed by atoms with van der Waals surface area (Å²) >= 11 is 13.9. The number of imide groups is 1. The van der Waals surface area contributed by atoms with E-state index in [1.54, 1.807) is 29.7 Å². The van der Waals surface area contributed by atoms with E-state index in [1.807, 2.05) is 45.3 Å². The number of fused-ring (bicyclic) bond motifs is 7. The van der Waals surface area contributed by atoms with Crippen molar-refractivity contribution in [3.63, 3.8) is 0 Å². The van der Waals surface area contributed by atoms with Crippen molar-refractivity contribution >= 4 is 166 Å². The van der Waals surface area contributed by atoms with Gasteiger partial charge in [-0.05, 0) is 168 Å². The van der Waals surface area contributed by atoms with E-state index >= 15 is 9.59 Å². The van der Waals surface area contributed by atoms with Crippen molar-refractivity contribution in [3.05, 3.63) is 148 Å². The molecule has 0 fully saturated rings. The van der Waals surface area contributed by atoms with Crippen LogP contribution in [-0.4, -0.2) is 47.9 Å². The Morgan fingerprint density at radius 2 is 0.555 bits per heavy atom. The van der Waals surface area contributed by atoms with Gasteiger partial charge < -0.3 is 4.74 Å². The number of rotatable bonds is 59. The molecule has 680 valence electrons. The number of carbonyl (C=O) groups is 2. The van der Waals surface area contributed by atoms with Crippen molar-refractivity contribution in [2.45, 2.75) is 363 Å². The average Bonchev–Trinajstić information content (AvgIpc) is 1.52. The summed E-state index contributed by atoms with van der Waals surface area (Å²) in [6, 6.07) is 41.0. The summed E-state index contributed by atoms with van der Waals surface area (Å²) in [5, 5.41) is 5.65. The number of thiophene rings is 6. The second-order valence-corrected chi connectivity index (χ2v) is 44.5. The standard InChI is InChI=1S/C112H141N5O3S8/c1-8-13-18-23-28-32-36-40-44-55-64-80-84-73-92(78-60-51-49-52-61-78)123-107(84)81(65-56-45-41-37-33-29-24-19-14-9-2)85-74-93(124-108(80)85)88-68-70-90(121-88)98-100-101(112(119)117(7)111(100)118)99(105-104(98)115-128-116-105)91-71-69-89(122-91)94-75-86-82(66-57-46-42-38-34-30-25-20-15-10-3)110-87(83(109(86)125-94)67-58-47-43-39-35-31-26-21-16-11-4)76-95(126-110)96-77(6)106(120-72-59-48-27-22-17-12-5)97(79-62-53-50-54-63-79)103-102(96)113-127-114-103/h49-54,60-63,68-71,73-76H,8-48,55-59,64-67,72H2,1-7H3. The Labute approximate surface area is 798 Å². The van der Waals surface area contributed by atoms with Gasteiger partial charge in [0, 0.05) is 87.1 Å². The zero-order chi connectivity index (χ0) is 88.3. The number of aromatic nitrogens is 4.